The number of rotatable bonds is 7. The largest absolute Gasteiger partial charge is 0.481 e. The molecule has 1 N–H and O–H groups in total. The summed E-state index contributed by atoms with van der Waals surface area (Å²) in [6.45, 7) is 1.25. The van der Waals surface area contributed by atoms with E-state index in [-0.39, 0.29) is 11.3 Å². The van der Waals surface area contributed by atoms with E-state index < -0.39 is 5.97 Å². The van der Waals surface area contributed by atoms with Gasteiger partial charge in [-0.15, -0.1) is 0 Å². The summed E-state index contributed by atoms with van der Waals surface area (Å²) < 4.78 is 6.69. The molecule has 17 heavy (non-hydrogen) atoms. The Bertz CT molecular complexity index is 433. The van der Waals surface area contributed by atoms with Crippen molar-refractivity contribution < 1.29 is 14.6 Å². The van der Waals surface area contributed by atoms with Crippen molar-refractivity contribution in [1.82, 2.24) is 9.55 Å². The number of aliphatic carboxylic acids is 1. The topological polar surface area (TPSA) is 81.4 Å². The van der Waals surface area contributed by atoms with Gasteiger partial charge in [-0.2, -0.15) is 4.98 Å². The van der Waals surface area contributed by atoms with E-state index in [1.165, 1.54) is 6.07 Å². The van der Waals surface area contributed by atoms with Gasteiger partial charge < -0.3 is 14.4 Å². The first kappa shape index (κ1) is 13.7. The average Bonchev–Trinajstić information content (AvgIpc) is 2.29. The van der Waals surface area contributed by atoms with Crippen LogP contribution >= 0.6 is 11.8 Å². The zero-order valence-electron chi connectivity index (χ0n) is 9.46. The summed E-state index contributed by atoms with van der Waals surface area (Å²) in [6.07, 6.45) is 2.40. The van der Waals surface area contributed by atoms with E-state index in [0.29, 0.717) is 18.3 Å². The second kappa shape index (κ2) is 7.08. The molecule has 0 atom stereocenters. The Balaban J connectivity index is 2.72. The third kappa shape index (κ3) is 5.01. The van der Waals surface area contributed by atoms with E-state index in [2.05, 4.69) is 4.98 Å². The van der Waals surface area contributed by atoms with Crippen LogP contribution in [0.3, 0.4) is 0 Å². The predicted octanol–water partition coefficient (Wildman–Crippen LogP) is 0.457. The summed E-state index contributed by atoms with van der Waals surface area (Å²) in [5, 5.41) is 9.02. The number of hydrogen-bond donors (Lipinski definition) is 1. The minimum absolute atomic E-state index is 0.110. The summed E-state index contributed by atoms with van der Waals surface area (Å²) >= 11 is 1.04. The summed E-state index contributed by atoms with van der Waals surface area (Å²) in [5.74, 6) is -1.04. The number of carbonyl (C=O) groups is 1. The van der Waals surface area contributed by atoms with Crippen LogP contribution in [-0.2, 0) is 16.1 Å². The molecular weight excluding hydrogens is 244 g/mol. The Labute approximate surface area is 103 Å². The molecule has 0 aliphatic heterocycles. The van der Waals surface area contributed by atoms with Gasteiger partial charge >= 0.3 is 5.97 Å². The smallest absolute Gasteiger partial charge is 0.313 e. The van der Waals surface area contributed by atoms with Crippen LogP contribution in [-0.4, -0.2) is 40.1 Å². The Morgan fingerprint density at radius 3 is 3.06 bits per heavy atom. The molecule has 1 rings (SSSR count). The normalized spacial score (nSPS) is 10.4. The molecule has 0 radical (unpaired) electrons. The molecule has 7 heteroatoms. The van der Waals surface area contributed by atoms with Gasteiger partial charge in [0.2, 0.25) is 0 Å². The molecule has 0 saturated heterocycles. The minimum atomic E-state index is -0.934. The highest BCUT2D eigenvalue weighted by Crippen LogP contribution is 2.13. The average molecular weight is 258 g/mol. The number of carboxylic acids is 1. The molecule has 1 aromatic rings. The van der Waals surface area contributed by atoms with Crippen molar-refractivity contribution in [3.8, 4) is 0 Å². The van der Waals surface area contributed by atoms with Crippen LogP contribution in [0.5, 0.6) is 0 Å². The first-order chi connectivity index (χ1) is 8.13. The summed E-state index contributed by atoms with van der Waals surface area (Å²) in [7, 11) is 1.61. The fourth-order valence-electron chi connectivity index (χ4n) is 1.20. The van der Waals surface area contributed by atoms with Crippen LogP contribution in [0.25, 0.3) is 0 Å². The second-order valence-corrected chi connectivity index (χ2v) is 4.21. The quantitative estimate of drug-likeness (QED) is 0.434. The van der Waals surface area contributed by atoms with Gasteiger partial charge in [0.1, 0.15) is 0 Å². The van der Waals surface area contributed by atoms with Crippen molar-refractivity contribution in [3.05, 3.63) is 22.6 Å². The van der Waals surface area contributed by atoms with Gasteiger partial charge in [0, 0.05) is 32.5 Å². The molecule has 0 saturated carbocycles. The molecule has 0 bridgehead atoms. The number of methoxy groups -OCH3 is 1. The summed E-state index contributed by atoms with van der Waals surface area (Å²) in [6, 6.07) is 1.36. The lowest BCUT2D eigenvalue weighted by Gasteiger charge is -2.10. The number of ether oxygens (including phenoxy) is 1. The molecule has 0 spiro atoms. The molecule has 0 fully saturated rings. The molecule has 1 aromatic heterocycles. The van der Waals surface area contributed by atoms with Crippen molar-refractivity contribution in [2.24, 2.45) is 0 Å². The number of nitrogens with zero attached hydrogens (tertiary/aromatic N) is 2. The monoisotopic (exact) mass is 258 g/mol. The number of hydrogen-bond acceptors (Lipinski definition) is 5. The second-order valence-electron chi connectivity index (χ2n) is 3.27. The van der Waals surface area contributed by atoms with E-state index in [1.54, 1.807) is 17.9 Å². The standard InChI is InChI=1S/C10H14N2O4S/c1-16-6-2-4-12-5-3-8(13)11-10(12)17-7-9(14)15/h3,5H,2,4,6-7H2,1H3,(H,14,15). The fraction of sp³-hybridized carbons (Fsp3) is 0.500. The lowest BCUT2D eigenvalue weighted by molar-refractivity contribution is -0.133. The van der Waals surface area contributed by atoms with Crippen molar-refractivity contribution in [1.29, 1.82) is 0 Å². The molecule has 0 amide bonds. The van der Waals surface area contributed by atoms with Gasteiger partial charge in [0.05, 0.1) is 5.75 Å². The SMILES string of the molecule is COCCCn1ccc(=O)nc1SCC(=O)O. The lowest BCUT2D eigenvalue weighted by Crippen LogP contribution is -2.15. The molecule has 0 aliphatic carbocycles. The number of carboxylic acid groups (broad SMARTS) is 1. The van der Waals surface area contributed by atoms with Gasteiger partial charge in [0.15, 0.2) is 5.16 Å². The van der Waals surface area contributed by atoms with E-state index in [0.717, 1.165) is 18.2 Å². The highest BCUT2D eigenvalue weighted by molar-refractivity contribution is 7.99. The maximum Gasteiger partial charge on any atom is 0.313 e. The zero-order chi connectivity index (χ0) is 12.7. The van der Waals surface area contributed by atoms with Crippen molar-refractivity contribution in [3.63, 3.8) is 0 Å². The molecule has 0 unspecified atom stereocenters. The Morgan fingerprint density at radius 2 is 2.41 bits per heavy atom. The first-order valence-corrected chi connectivity index (χ1v) is 6.03. The maximum absolute atomic E-state index is 11.1. The van der Waals surface area contributed by atoms with Gasteiger partial charge in [-0.3, -0.25) is 9.59 Å². The molecule has 0 aliphatic rings. The highest BCUT2D eigenvalue weighted by atomic mass is 32.2. The third-order valence-corrected chi connectivity index (χ3v) is 2.90. The van der Waals surface area contributed by atoms with Gasteiger partial charge in [-0.05, 0) is 6.42 Å². The van der Waals surface area contributed by atoms with Crippen LogP contribution in [0.15, 0.2) is 22.2 Å². The number of thioether (sulfide) groups is 1. The Kier molecular flexibility index (Phi) is 5.71. The molecule has 1 heterocycles. The van der Waals surface area contributed by atoms with Crippen LogP contribution in [0, 0.1) is 0 Å². The van der Waals surface area contributed by atoms with E-state index in [9.17, 15) is 9.59 Å². The molecule has 94 valence electrons. The third-order valence-electron chi connectivity index (χ3n) is 1.92. The van der Waals surface area contributed by atoms with E-state index >= 15 is 0 Å². The summed E-state index contributed by atoms with van der Waals surface area (Å²) in [4.78, 5) is 25.4. The number of aryl methyl sites for hydroxylation is 1. The minimum Gasteiger partial charge on any atom is -0.481 e. The molecule has 6 nitrogen and oxygen atoms in total. The first-order valence-electron chi connectivity index (χ1n) is 5.04. The molecular formula is C10H14N2O4S. The van der Waals surface area contributed by atoms with Crippen LogP contribution in [0.1, 0.15) is 6.42 Å². The van der Waals surface area contributed by atoms with Crippen molar-refractivity contribution in [2.45, 2.75) is 18.1 Å². The van der Waals surface area contributed by atoms with Crippen LogP contribution in [0.4, 0.5) is 0 Å². The van der Waals surface area contributed by atoms with Crippen molar-refractivity contribution in [2.75, 3.05) is 19.5 Å². The van der Waals surface area contributed by atoms with Crippen LogP contribution < -0.4 is 5.56 Å². The van der Waals surface area contributed by atoms with Crippen molar-refractivity contribution >= 4 is 17.7 Å². The molecule has 0 aromatic carbocycles. The van der Waals surface area contributed by atoms with Crippen LogP contribution in [0.2, 0.25) is 0 Å². The van der Waals surface area contributed by atoms with Gasteiger partial charge in [-0.1, -0.05) is 11.8 Å². The van der Waals surface area contributed by atoms with E-state index in [4.69, 9.17) is 9.84 Å². The fourth-order valence-corrected chi connectivity index (χ4v) is 1.93. The lowest BCUT2D eigenvalue weighted by atomic mass is 10.4. The van der Waals surface area contributed by atoms with Gasteiger partial charge in [-0.25, -0.2) is 0 Å². The Morgan fingerprint density at radius 1 is 1.65 bits per heavy atom. The Hall–Kier alpha value is -1.34. The zero-order valence-corrected chi connectivity index (χ0v) is 10.3. The maximum atomic E-state index is 11.1. The van der Waals surface area contributed by atoms with E-state index in [1.807, 2.05) is 0 Å². The van der Waals surface area contributed by atoms with Gasteiger partial charge in [0.25, 0.3) is 5.56 Å². The summed E-state index contributed by atoms with van der Waals surface area (Å²) in [5.41, 5.74) is -0.360. The highest BCUT2D eigenvalue weighted by Gasteiger charge is 2.06. The predicted molar refractivity (Wildman–Crippen MR) is 63.3 cm³/mol. The number of aromatic nitrogens is 2.